The van der Waals surface area contributed by atoms with Crippen LogP contribution < -0.4 is 0 Å². The summed E-state index contributed by atoms with van der Waals surface area (Å²) in [7, 11) is 0. The highest BCUT2D eigenvalue weighted by molar-refractivity contribution is 7.78. The highest BCUT2D eigenvalue weighted by Crippen LogP contribution is 2.41. The largest absolute Gasteiger partial charge is 0.194 e. The van der Waals surface area contributed by atoms with Crippen LogP contribution in [0.15, 0.2) is 58.5 Å². The molecule has 4 aromatic rings. The van der Waals surface area contributed by atoms with E-state index in [0.29, 0.717) is 0 Å². The molecule has 0 radical (unpaired) electrons. The lowest BCUT2D eigenvalue weighted by Gasteiger charge is -2.12. The molecule has 0 atom stereocenters. The number of benzene rings is 4. The summed E-state index contributed by atoms with van der Waals surface area (Å²) in [6.07, 6.45) is 0. The Labute approximate surface area is 137 Å². The van der Waals surface area contributed by atoms with Crippen LogP contribution in [0.2, 0.25) is 0 Å². The average molecular weight is 316 g/mol. The van der Waals surface area contributed by atoms with Gasteiger partial charge >= 0.3 is 0 Å². The fraction of sp³-hybridized carbons (Fsp3) is 0. The van der Waals surface area contributed by atoms with E-state index in [4.69, 9.17) is 24.4 Å². The molecule has 102 valence electrons. The molecule has 4 rings (SSSR count). The van der Waals surface area contributed by atoms with Crippen LogP contribution in [-0.4, -0.2) is 10.3 Å². The molecule has 0 spiro atoms. The van der Waals surface area contributed by atoms with E-state index in [1.807, 2.05) is 12.1 Å². The minimum Gasteiger partial charge on any atom is -0.194 e. The Kier molecular flexibility index (Phi) is 3.04. The second kappa shape index (κ2) is 5.06. The maximum Gasteiger partial charge on any atom is 0.0818 e. The van der Waals surface area contributed by atoms with E-state index in [0.717, 1.165) is 22.1 Å². The molecule has 0 unspecified atom stereocenters. The predicted octanol–water partition coefficient (Wildman–Crippen LogP) is 6.05. The lowest BCUT2D eigenvalue weighted by molar-refractivity contribution is 1.60. The maximum atomic E-state index is 4.76. The van der Waals surface area contributed by atoms with Gasteiger partial charge in [0, 0.05) is 10.8 Å². The molecular formula is C18H8N2S2. The summed E-state index contributed by atoms with van der Waals surface area (Å²) in [5, 5.41) is 11.7. The molecule has 0 heterocycles. The molecule has 0 fully saturated rings. The quantitative estimate of drug-likeness (QED) is 0.255. The summed E-state index contributed by atoms with van der Waals surface area (Å²) in [6.45, 7) is 0. The van der Waals surface area contributed by atoms with Crippen LogP contribution in [-0.2, 0) is 0 Å². The first-order valence-electron chi connectivity index (χ1n) is 6.70. The van der Waals surface area contributed by atoms with Gasteiger partial charge in [0.05, 0.1) is 21.7 Å². The van der Waals surface area contributed by atoms with E-state index < -0.39 is 0 Å². The first-order valence-corrected chi connectivity index (χ1v) is 7.51. The Hall–Kier alpha value is -2.48. The molecule has 4 aromatic carbocycles. The van der Waals surface area contributed by atoms with Crippen molar-refractivity contribution in [2.45, 2.75) is 0 Å². The van der Waals surface area contributed by atoms with E-state index in [9.17, 15) is 0 Å². The Morgan fingerprint density at radius 1 is 0.591 bits per heavy atom. The lowest BCUT2D eigenvalue weighted by Crippen LogP contribution is -1.84. The van der Waals surface area contributed by atoms with Gasteiger partial charge in [0.25, 0.3) is 0 Å². The first kappa shape index (κ1) is 13.2. The van der Waals surface area contributed by atoms with E-state index >= 15 is 0 Å². The molecule has 22 heavy (non-hydrogen) atoms. The van der Waals surface area contributed by atoms with Crippen LogP contribution in [0.3, 0.4) is 0 Å². The summed E-state index contributed by atoms with van der Waals surface area (Å²) in [6, 6.07) is 16.4. The van der Waals surface area contributed by atoms with Crippen molar-refractivity contribution >= 4 is 78.5 Å². The van der Waals surface area contributed by atoms with Crippen LogP contribution in [0.1, 0.15) is 0 Å². The normalized spacial score (nSPS) is 10.7. The summed E-state index contributed by atoms with van der Waals surface area (Å²) in [5.41, 5.74) is 1.67. The minimum atomic E-state index is 0.834. The van der Waals surface area contributed by atoms with Gasteiger partial charge in [-0.2, -0.15) is 9.98 Å². The zero-order valence-corrected chi connectivity index (χ0v) is 13.0. The number of isothiocyanates is 2. The molecule has 0 aliphatic rings. The molecule has 0 amide bonds. The molecule has 0 aromatic heterocycles. The van der Waals surface area contributed by atoms with Crippen LogP contribution in [0.4, 0.5) is 11.4 Å². The predicted molar refractivity (Wildman–Crippen MR) is 99.5 cm³/mol. The third-order valence-corrected chi connectivity index (χ3v) is 4.13. The number of hydrogen-bond acceptors (Lipinski definition) is 4. The number of hydrogen-bond donors (Lipinski definition) is 0. The highest BCUT2D eigenvalue weighted by Gasteiger charge is 2.12. The Balaban J connectivity index is 2.32. The van der Waals surface area contributed by atoms with E-state index in [-0.39, 0.29) is 0 Å². The Bertz CT molecular complexity index is 1040. The van der Waals surface area contributed by atoms with Crippen LogP contribution in [0.5, 0.6) is 0 Å². The van der Waals surface area contributed by atoms with Gasteiger partial charge in [-0.05, 0) is 58.1 Å². The summed E-state index contributed by atoms with van der Waals surface area (Å²) in [4.78, 5) is 8.37. The number of rotatable bonds is 2. The third-order valence-electron chi connectivity index (χ3n) is 3.95. The topological polar surface area (TPSA) is 24.7 Å². The van der Waals surface area contributed by atoms with Crippen molar-refractivity contribution < 1.29 is 0 Å². The van der Waals surface area contributed by atoms with Gasteiger partial charge < -0.3 is 0 Å². The van der Waals surface area contributed by atoms with Crippen LogP contribution >= 0.6 is 24.4 Å². The number of nitrogens with zero attached hydrogens (tertiary/aromatic N) is 2. The van der Waals surface area contributed by atoms with Gasteiger partial charge in [-0.3, -0.25) is 0 Å². The smallest absolute Gasteiger partial charge is 0.0818 e. The van der Waals surface area contributed by atoms with Crippen molar-refractivity contribution in [3.05, 3.63) is 48.5 Å². The second-order valence-electron chi connectivity index (χ2n) is 5.00. The third kappa shape index (κ3) is 1.80. The van der Waals surface area contributed by atoms with Crippen molar-refractivity contribution in [2.24, 2.45) is 9.98 Å². The van der Waals surface area contributed by atoms with E-state index in [2.05, 4.69) is 56.7 Å². The van der Waals surface area contributed by atoms with Crippen LogP contribution in [0.25, 0.3) is 32.3 Å². The average Bonchev–Trinajstić information content (AvgIpc) is 2.55. The molecule has 0 N–H and O–H groups in total. The monoisotopic (exact) mass is 316 g/mol. The van der Waals surface area contributed by atoms with Gasteiger partial charge in [-0.15, -0.1) is 0 Å². The van der Waals surface area contributed by atoms with Crippen molar-refractivity contribution in [3.8, 4) is 0 Å². The van der Waals surface area contributed by atoms with Gasteiger partial charge in [-0.25, -0.2) is 0 Å². The lowest BCUT2D eigenvalue weighted by atomic mass is 9.93. The fourth-order valence-electron chi connectivity index (χ4n) is 3.06. The Morgan fingerprint density at radius 2 is 1.00 bits per heavy atom. The molecular weight excluding hydrogens is 308 g/mol. The van der Waals surface area contributed by atoms with Crippen molar-refractivity contribution in [3.63, 3.8) is 0 Å². The molecule has 0 saturated carbocycles. The van der Waals surface area contributed by atoms with Gasteiger partial charge in [0.2, 0.25) is 0 Å². The summed E-state index contributed by atoms with van der Waals surface area (Å²) in [5.74, 6) is 0. The Morgan fingerprint density at radius 3 is 1.41 bits per heavy atom. The van der Waals surface area contributed by atoms with Crippen molar-refractivity contribution in [2.75, 3.05) is 0 Å². The van der Waals surface area contributed by atoms with Gasteiger partial charge in [0.1, 0.15) is 0 Å². The summed E-state index contributed by atoms with van der Waals surface area (Å²) < 4.78 is 0. The van der Waals surface area contributed by atoms with Gasteiger partial charge in [0.15, 0.2) is 0 Å². The van der Waals surface area contributed by atoms with Crippen molar-refractivity contribution in [1.82, 2.24) is 0 Å². The molecule has 0 aliphatic carbocycles. The van der Waals surface area contributed by atoms with Crippen LogP contribution in [0, 0.1) is 0 Å². The highest BCUT2D eigenvalue weighted by atomic mass is 32.1. The molecule has 0 bridgehead atoms. The molecule has 2 nitrogen and oxygen atoms in total. The zero-order chi connectivity index (χ0) is 15.1. The minimum absolute atomic E-state index is 0.834. The first-order chi connectivity index (χ1) is 10.8. The summed E-state index contributed by atoms with van der Waals surface area (Å²) >= 11 is 9.51. The molecule has 0 saturated heterocycles. The van der Waals surface area contributed by atoms with Gasteiger partial charge in [-0.1, -0.05) is 36.4 Å². The SMILES string of the molecule is S=C=Nc1ccc2ccc3c(N=C=S)ccc4ccc1c2c43. The molecule has 0 aliphatic heterocycles. The zero-order valence-electron chi connectivity index (χ0n) is 11.3. The van der Waals surface area contributed by atoms with E-state index in [1.165, 1.54) is 21.5 Å². The standard InChI is InChI=1S/C18H8N2S2/c21-9-19-15-8-4-12-2-6-14-16(20-10-22)7-3-11-1-5-13(15)18(12)17(11)14/h1-8H. The molecule has 4 heteroatoms. The maximum absolute atomic E-state index is 4.76. The second-order valence-corrected chi connectivity index (χ2v) is 5.36. The number of thiocarbonyl (C=S) groups is 2. The van der Waals surface area contributed by atoms with Crippen molar-refractivity contribution in [1.29, 1.82) is 0 Å². The number of aliphatic imine (C=N–C) groups is 2. The van der Waals surface area contributed by atoms with E-state index in [1.54, 1.807) is 0 Å². The fourth-order valence-corrected chi connectivity index (χ4v) is 3.26.